The fourth-order valence-corrected chi connectivity index (χ4v) is 10.3. The van der Waals surface area contributed by atoms with Crippen molar-refractivity contribution in [2.24, 2.45) is 4.99 Å². The quantitative estimate of drug-likeness (QED) is 0.147. The molecule has 0 saturated carbocycles. The average Bonchev–Trinajstić information content (AvgIpc) is 4.07. The molecule has 0 aliphatic carbocycles. The predicted octanol–water partition coefficient (Wildman–Crippen LogP) is 16.2. The molecule has 326 valence electrons. The second kappa shape index (κ2) is 16.6. The average molecular weight is 885 g/mol. The molecule has 5 nitrogen and oxygen atoms in total. The van der Waals surface area contributed by atoms with Crippen LogP contribution in [-0.4, -0.2) is 15.0 Å². The van der Waals surface area contributed by atoms with Crippen LogP contribution >= 0.6 is 0 Å². The number of amidine groups is 1. The topological polar surface area (TPSA) is 47.4 Å². The maximum atomic E-state index is 7.14. The number of rotatable bonds is 9. The molecule has 1 aliphatic rings. The molecule has 0 spiro atoms. The fourth-order valence-electron chi connectivity index (χ4n) is 10.3. The first-order valence-corrected chi connectivity index (χ1v) is 23.4. The Morgan fingerprint density at radius 3 is 1.94 bits per heavy atom. The molecule has 0 amide bonds. The third-order valence-electron chi connectivity index (χ3n) is 13.5. The van der Waals surface area contributed by atoms with Gasteiger partial charge in [-0.25, -0.2) is 4.99 Å². The number of aliphatic imine (C=N–C) groups is 1. The van der Waals surface area contributed by atoms with E-state index in [9.17, 15) is 0 Å². The monoisotopic (exact) mass is 884 g/mol. The minimum absolute atomic E-state index is 0.112. The Hall–Kier alpha value is -9.19. The lowest BCUT2D eigenvalue weighted by molar-refractivity contribution is 0.673. The summed E-state index contributed by atoms with van der Waals surface area (Å²) < 4.78 is 11.9. The van der Waals surface area contributed by atoms with E-state index < -0.39 is 0 Å². The van der Waals surface area contributed by atoms with Crippen molar-refractivity contribution in [3.8, 4) is 5.69 Å². The van der Waals surface area contributed by atoms with E-state index in [4.69, 9.17) is 16.0 Å². The molecule has 0 radical (unpaired) electrons. The Bertz CT molecular complexity index is 4080. The number of nitrogens with one attached hydrogen (secondary N) is 1. The minimum atomic E-state index is -0.112. The van der Waals surface area contributed by atoms with Gasteiger partial charge in [0.2, 0.25) is 0 Å². The molecule has 0 bridgehead atoms. The van der Waals surface area contributed by atoms with Gasteiger partial charge in [0.1, 0.15) is 17.0 Å². The van der Waals surface area contributed by atoms with E-state index in [2.05, 4.69) is 251 Å². The van der Waals surface area contributed by atoms with Crippen molar-refractivity contribution in [3.63, 3.8) is 0 Å². The molecule has 9 aromatic carbocycles. The van der Waals surface area contributed by atoms with Crippen molar-refractivity contribution in [2.75, 3.05) is 0 Å². The molecule has 1 atom stereocenters. The largest absolute Gasteiger partial charge is 0.455 e. The standard InChI is InChI=1S/C64H44N4O/c1-42(64-65-54(45-25-11-4-12-26-45)41-55(66-64)46-27-13-5-14-28-46)37-51(44-23-9-3-10-24-44)59(38-43-21-7-2-8-22-43)68-57-34-20-18-32-50(57)62-58(68)36-35-49-53-39-60-52(40-61(53)69-63(49)62)48-31-17-19-33-56(48)67(60)47-29-15-6-16-30-47/h2-41,54H,1H2,(H,65,66)/b51-37-,59-38-/t54-/m1/s1. The molecule has 0 fully saturated rings. The van der Waals surface area contributed by atoms with E-state index >= 15 is 0 Å². The lowest BCUT2D eigenvalue weighted by Crippen LogP contribution is -2.31. The van der Waals surface area contributed by atoms with Gasteiger partial charge in [-0.1, -0.05) is 183 Å². The molecule has 0 saturated heterocycles. The molecular formula is C64H44N4O. The van der Waals surface area contributed by atoms with Gasteiger partial charge in [0, 0.05) is 43.8 Å². The summed E-state index contributed by atoms with van der Waals surface area (Å²) in [6, 6.07) is 79.0. The van der Waals surface area contributed by atoms with Crippen LogP contribution in [0, 0.1) is 0 Å². The Balaban J connectivity index is 1.04. The van der Waals surface area contributed by atoms with E-state index in [1.807, 2.05) is 6.07 Å². The van der Waals surface area contributed by atoms with Gasteiger partial charge >= 0.3 is 0 Å². The number of aromatic nitrogens is 2. The molecular weight excluding hydrogens is 841 g/mol. The van der Waals surface area contributed by atoms with Crippen LogP contribution in [0.3, 0.4) is 0 Å². The fraction of sp³-hybridized carbons (Fsp3) is 0.0156. The van der Waals surface area contributed by atoms with Crippen LogP contribution in [0.4, 0.5) is 0 Å². The van der Waals surface area contributed by atoms with E-state index in [1.165, 1.54) is 10.9 Å². The summed E-state index contributed by atoms with van der Waals surface area (Å²) in [5, 5.41) is 10.4. The summed E-state index contributed by atoms with van der Waals surface area (Å²) >= 11 is 0. The van der Waals surface area contributed by atoms with Crippen LogP contribution in [0.15, 0.2) is 258 Å². The molecule has 1 N–H and O–H groups in total. The van der Waals surface area contributed by atoms with Crippen LogP contribution in [0.5, 0.6) is 0 Å². The van der Waals surface area contributed by atoms with Gasteiger partial charge in [0.25, 0.3) is 0 Å². The molecule has 69 heavy (non-hydrogen) atoms. The molecule has 5 heteroatoms. The van der Waals surface area contributed by atoms with Crippen molar-refractivity contribution in [2.45, 2.75) is 6.04 Å². The first-order valence-electron chi connectivity index (χ1n) is 23.4. The number of hydrogen-bond donors (Lipinski definition) is 1. The summed E-state index contributed by atoms with van der Waals surface area (Å²) in [5.41, 5.74) is 15.2. The number of nitrogens with zero attached hydrogens (tertiary/aromatic N) is 3. The summed E-state index contributed by atoms with van der Waals surface area (Å²) in [6.45, 7) is 4.77. The lowest BCUT2D eigenvalue weighted by Gasteiger charge is -2.25. The Labute approximate surface area is 399 Å². The normalized spacial score (nSPS) is 14.5. The number of benzene rings is 9. The van der Waals surface area contributed by atoms with Crippen LogP contribution in [0.25, 0.3) is 94.3 Å². The molecule has 0 unspecified atom stereocenters. The second-order valence-corrected chi connectivity index (χ2v) is 17.6. The Morgan fingerprint density at radius 1 is 0.551 bits per heavy atom. The van der Waals surface area contributed by atoms with Crippen LogP contribution < -0.4 is 5.32 Å². The minimum Gasteiger partial charge on any atom is -0.455 e. The van der Waals surface area contributed by atoms with Gasteiger partial charge in [0.15, 0.2) is 0 Å². The highest BCUT2D eigenvalue weighted by molar-refractivity contribution is 6.27. The molecule has 13 rings (SSSR count). The zero-order valence-corrected chi connectivity index (χ0v) is 37.6. The van der Waals surface area contributed by atoms with Gasteiger partial charge < -0.3 is 18.9 Å². The molecule has 3 aromatic heterocycles. The Kier molecular flexibility index (Phi) is 9.65. The van der Waals surface area contributed by atoms with Gasteiger partial charge in [-0.3, -0.25) is 0 Å². The zero-order valence-electron chi connectivity index (χ0n) is 37.6. The third kappa shape index (κ3) is 6.90. The van der Waals surface area contributed by atoms with E-state index in [-0.39, 0.29) is 6.04 Å². The number of fused-ring (bicyclic) bond motifs is 10. The molecule has 4 heterocycles. The van der Waals surface area contributed by atoms with Crippen LogP contribution in [0.2, 0.25) is 0 Å². The highest BCUT2D eigenvalue weighted by atomic mass is 16.3. The molecule has 12 aromatic rings. The van der Waals surface area contributed by atoms with E-state index in [0.717, 1.165) is 105 Å². The maximum absolute atomic E-state index is 7.14. The van der Waals surface area contributed by atoms with Crippen LogP contribution in [0.1, 0.15) is 28.3 Å². The number of furan rings is 1. The lowest BCUT2D eigenvalue weighted by atomic mass is 9.96. The predicted molar refractivity (Wildman–Crippen MR) is 289 cm³/mol. The highest BCUT2D eigenvalue weighted by Crippen LogP contribution is 2.45. The number of para-hydroxylation sites is 3. The van der Waals surface area contributed by atoms with Gasteiger partial charge in [-0.05, 0) is 89.0 Å². The SMILES string of the molecule is C=C(/C=C(\C(=C\c1ccccc1)n1c2ccccc2c2c3oc4cc5c6ccccc6n(-c6ccccc6)c5cc4c3ccc21)c1ccccc1)C1=NC(c2ccccc2)=C[C@H](c2ccccc2)N1. The van der Waals surface area contributed by atoms with Crippen molar-refractivity contribution in [1.82, 2.24) is 14.5 Å². The van der Waals surface area contributed by atoms with Gasteiger partial charge in [-0.15, -0.1) is 0 Å². The van der Waals surface area contributed by atoms with Crippen molar-refractivity contribution in [3.05, 3.63) is 271 Å². The number of allylic oxidation sites excluding steroid dienone is 2. The van der Waals surface area contributed by atoms with E-state index in [0.29, 0.717) is 5.84 Å². The molecule has 1 aliphatic heterocycles. The zero-order chi connectivity index (χ0) is 45.8. The Morgan fingerprint density at radius 2 is 1.19 bits per heavy atom. The summed E-state index contributed by atoms with van der Waals surface area (Å²) in [4.78, 5) is 5.27. The smallest absolute Gasteiger partial charge is 0.145 e. The summed E-state index contributed by atoms with van der Waals surface area (Å²) in [6.07, 6.45) is 6.69. The first kappa shape index (κ1) is 40.1. The van der Waals surface area contributed by atoms with Crippen LogP contribution in [-0.2, 0) is 0 Å². The van der Waals surface area contributed by atoms with Crippen molar-refractivity contribution < 1.29 is 4.42 Å². The first-order chi connectivity index (χ1) is 34.1. The second-order valence-electron chi connectivity index (χ2n) is 17.6. The maximum Gasteiger partial charge on any atom is 0.145 e. The number of hydrogen-bond acceptors (Lipinski definition) is 3. The van der Waals surface area contributed by atoms with Crippen molar-refractivity contribution in [1.29, 1.82) is 0 Å². The van der Waals surface area contributed by atoms with Gasteiger partial charge in [0.05, 0.1) is 44.9 Å². The highest BCUT2D eigenvalue weighted by Gasteiger charge is 2.25. The summed E-state index contributed by atoms with van der Waals surface area (Å²) in [5.74, 6) is 0.712. The van der Waals surface area contributed by atoms with Gasteiger partial charge in [-0.2, -0.15) is 0 Å². The van der Waals surface area contributed by atoms with Crippen molar-refractivity contribution >= 4 is 94.4 Å². The third-order valence-corrected chi connectivity index (χ3v) is 13.5. The summed E-state index contributed by atoms with van der Waals surface area (Å²) in [7, 11) is 0. The van der Waals surface area contributed by atoms with E-state index in [1.54, 1.807) is 0 Å².